The third kappa shape index (κ3) is 8.15. The molecule has 0 bridgehead atoms. The van der Waals surface area contributed by atoms with Gasteiger partial charge in [0.1, 0.15) is 5.60 Å². The van der Waals surface area contributed by atoms with Crippen LogP contribution in [-0.2, 0) is 4.74 Å². The van der Waals surface area contributed by atoms with Crippen LogP contribution in [0, 0.1) is 6.54 Å². The quantitative estimate of drug-likeness (QED) is 0.532. The molecule has 1 aliphatic rings. The fraction of sp³-hybridized carbons (Fsp3) is 0.778. The fourth-order valence-electron chi connectivity index (χ4n) is 1.06. The largest absolute Gasteiger partial charge is 1.00 e. The van der Waals surface area contributed by atoms with Crippen LogP contribution in [0.25, 0.3) is 0 Å². The van der Waals surface area contributed by atoms with Gasteiger partial charge in [-0.05, 0) is 27.3 Å². The molecule has 0 spiro atoms. The van der Waals surface area contributed by atoms with E-state index in [1.807, 2.05) is 27.3 Å². The number of ether oxygens (including phenoxy) is 1. The van der Waals surface area contributed by atoms with E-state index in [-0.39, 0.29) is 77.8 Å². The predicted octanol–water partition coefficient (Wildman–Crippen LogP) is -1.89. The van der Waals surface area contributed by atoms with Crippen molar-refractivity contribution in [2.75, 3.05) is 19.6 Å². The summed E-state index contributed by atoms with van der Waals surface area (Å²) in [5, 5.41) is 3.06. The fourth-order valence-corrected chi connectivity index (χ4v) is 1.06. The SMILES string of the molecule is CC(C)(C)OC(=O)N1C[CH-]NCC1.S.[Rb+]. The molecule has 1 rings (SSSR count). The van der Waals surface area contributed by atoms with Crippen molar-refractivity contribution >= 4 is 19.6 Å². The molecule has 15 heavy (non-hydrogen) atoms. The maximum Gasteiger partial charge on any atom is 1.00 e. The van der Waals surface area contributed by atoms with Crippen LogP contribution in [-0.4, -0.2) is 36.2 Å². The summed E-state index contributed by atoms with van der Waals surface area (Å²) in [6.07, 6.45) is -0.231. The molecule has 4 nitrogen and oxygen atoms in total. The Balaban J connectivity index is 0. The predicted molar refractivity (Wildman–Crippen MR) is 60.5 cm³/mol. The van der Waals surface area contributed by atoms with Gasteiger partial charge in [-0.3, -0.25) is 0 Å². The first-order valence-corrected chi connectivity index (χ1v) is 4.52. The molecule has 84 valence electrons. The molecule has 0 aromatic rings. The monoisotopic (exact) mass is 304 g/mol. The van der Waals surface area contributed by atoms with E-state index in [2.05, 4.69) is 5.32 Å². The Morgan fingerprint density at radius 2 is 2.07 bits per heavy atom. The molecule has 1 fully saturated rings. The zero-order valence-electron chi connectivity index (χ0n) is 9.96. The molecule has 0 radical (unpaired) electrons. The van der Waals surface area contributed by atoms with Gasteiger partial charge < -0.3 is 15.0 Å². The maximum absolute atomic E-state index is 11.5. The summed E-state index contributed by atoms with van der Waals surface area (Å²) in [6.45, 7) is 9.62. The molecule has 1 aliphatic heterocycles. The Morgan fingerprint density at radius 1 is 1.47 bits per heavy atom. The second kappa shape index (κ2) is 8.47. The number of nitrogens with zero attached hydrogens (tertiary/aromatic N) is 1. The number of amides is 1. The van der Waals surface area contributed by atoms with E-state index in [1.165, 1.54) is 0 Å². The summed E-state index contributed by atoms with van der Waals surface area (Å²) in [5.41, 5.74) is -0.401. The van der Waals surface area contributed by atoms with Gasteiger partial charge in [-0.15, -0.1) is 0 Å². The smallest absolute Gasteiger partial charge is 0.467 e. The Morgan fingerprint density at radius 3 is 2.47 bits per heavy atom. The minimum atomic E-state index is -0.401. The summed E-state index contributed by atoms with van der Waals surface area (Å²) in [6, 6.07) is 0. The molecule has 1 saturated heterocycles. The second-order valence-corrected chi connectivity index (χ2v) is 4.08. The van der Waals surface area contributed by atoms with Crippen molar-refractivity contribution < 1.29 is 67.7 Å². The summed E-state index contributed by atoms with van der Waals surface area (Å²) < 4.78 is 5.22. The minimum absolute atomic E-state index is 0. The molecular weight excluding hydrogens is 286 g/mol. The van der Waals surface area contributed by atoms with Gasteiger partial charge in [0.05, 0.1) is 0 Å². The number of hydrogen-bond donors (Lipinski definition) is 1. The van der Waals surface area contributed by atoms with Gasteiger partial charge in [0.2, 0.25) is 0 Å². The molecule has 0 unspecified atom stereocenters. The van der Waals surface area contributed by atoms with Gasteiger partial charge in [-0.25, -0.2) is 11.3 Å². The number of carbonyl (C=O) groups is 1. The number of hydrogen-bond acceptors (Lipinski definition) is 3. The maximum atomic E-state index is 11.5. The standard InChI is InChI=1S/C9H17N2O2.Rb.H2S/c1-9(2,3)13-8(12)11-6-4-10-5-7-11;;/h4,10H,5-7H2,1-3H3;;1H2/q-1;+1;. The van der Waals surface area contributed by atoms with Crippen molar-refractivity contribution in [3.05, 3.63) is 6.54 Å². The molecule has 0 aromatic carbocycles. The summed E-state index contributed by atoms with van der Waals surface area (Å²) >= 11 is 0. The van der Waals surface area contributed by atoms with E-state index >= 15 is 0 Å². The molecule has 0 saturated carbocycles. The average Bonchev–Trinajstić information content (AvgIpc) is 2.03. The van der Waals surface area contributed by atoms with Gasteiger partial charge in [0.15, 0.2) is 0 Å². The van der Waals surface area contributed by atoms with Crippen LogP contribution in [0.1, 0.15) is 20.8 Å². The molecule has 1 amide bonds. The summed E-state index contributed by atoms with van der Waals surface area (Å²) in [7, 11) is 0. The first-order valence-electron chi connectivity index (χ1n) is 4.52. The average molecular weight is 305 g/mol. The summed E-state index contributed by atoms with van der Waals surface area (Å²) in [5.74, 6) is 0. The molecule has 0 atom stereocenters. The zero-order valence-corrected chi connectivity index (χ0v) is 15.9. The van der Waals surface area contributed by atoms with Gasteiger partial charge in [-0.2, -0.15) is 13.5 Å². The van der Waals surface area contributed by atoms with Crippen molar-refractivity contribution in [3.8, 4) is 0 Å². The number of carbonyl (C=O) groups excluding carboxylic acids is 1. The zero-order chi connectivity index (χ0) is 9.90. The number of nitrogens with one attached hydrogen (secondary N) is 1. The first-order chi connectivity index (χ1) is 5.99. The Kier molecular flexibility index (Phi) is 10.6. The normalized spacial score (nSPS) is 16.1. The Hall–Kier alpha value is 1.39. The summed E-state index contributed by atoms with van der Waals surface area (Å²) in [4.78, 5) is 13.2. The van der Waals surface area contributed by atoms with Crippen LogP contribution in [0.4, 0.5) is 4.79 Å². The number of rotatable bonds is 0. The van der Waals surface area contributed by atoms with Crippen LogP contribution < -0.4 is 63.5 Å². The molecule has 1 heterocycles. The van der Waals surface area contributed by atoms with Crippen molar-refractivity contribution in [3.63, 3.8) is 0 Å². The minimum Gasteiger partial charge on any atom is -0.467 e. The molecule has 0 aromatic heterocycles. The Labute approximate surface area is 148 Å². The van der Waals surface area contributed by atoms with Gasteiger partial charge in [-0.1, -0.05) is 6.54 Å². The van der Waals surface area contributed by atoms with Crippen LogP contribution >= 0.6 is 13.5 Å². The van der Waals surface area contributed by atoms with E-state index in [0.29, 0.717) is 13.1 Å². The van der Waals surface area contributed by atoms with Gasteiger partial charge >= 0.3 is 64.3 Å². The molecule has 0 aliphatic carbocycles. The van der Waals surface area contributed by atoms with E-state index in [0.717, 1.165) is 6.54 Å². The second-order valence-electron chi connectivity index (χ2n) is 4.08. The van der Waals surface area contributed by atoms with Crippen molar-refractivity contribution in [1.82, 2.24) is 10.2 Å². The third-order valence-corrected chi connectivity index (χ3v) is 1.63. The molecular formula is C9H19N2O2RbS. The van der Waals surface area contributed by atoms with E-state index in [4.69, 9.17) is 4.74 Å². The van der Waals surface area contributed by atoms with Crippen molar-refractivity contribution in [2.45, 2.75) is 26.4 Å². The molecule has 6 heteroatoms. The van der Waals surface area contributed by atoms with Gasteiger partial charge in [0, 0.05) is 6.54 Å². The van der Waals surface area contributed by atoms with E-state index in [9.17, 15) is 4.79 Å². The topological polar surface area (TPSA) is 41.6 Å². The van der Waals surface area contributed by atoms with Crippen LogP contribution in [0.15, 0.2) is 0 Å². The van der Waals surface area contributed by atoms with Crippen LogP contribution in [0.2, 0.25) is 0 Å². The first kappa shape index (κ1) is 18.7. The van der Waals surface area contributed by atoms with Gasteiger partial charge in [0.25, 0.3) is 0 Å². The van der Waals surface area contributed by atoms with Crippen LogP contribution in [0.5, 0.6) is 0 Å². The molecule has 1 N–H and O–H groups in total. The van der Waals surface area contributed by atoms with Crippen molar-refractivity contribution in [2.24, 2.45) is 0 Å². The van der Waals surface area contributed by atoms with Crippen molar-refractivity contribution in [1.29, 1.82) is 0 Å². The van der Waals surface area contributed by atoms with Crippen LogP contribution in [0.3, 0.4) is 0 Å². The third-order valence-electron chi connectivity index (χ3n) is 1.63. The van der Waals surface area contributed by atoms with E-state index < -0.39 is 5.60 Å². The number of piperazine rings is 1. The Bertz CT molecular complexity index is 191. The van der Waals surface area contributed by atoms with E-state index in [1.54, 1.807) is 4.90 Å².